The molecule has 8 heteroatoms. The number of aliphatic hydroxyl groups is 6. The van der Waals surface area contributed by atoms with Crippen molar-refractivity contribution in [2.75, 3.05) is 0 Å². The highest BCUT2D eigenvalue weighted by Gasteiger charge is 2.68. The molecule has 0 aromatic carbocycles. The molecule has 0 heterocycles. The predicted octanol–water partition coefficient (Wildman–Crippen LogP) is 2.12. The van der Waals surface area contributed by atoms with Crippen molar-refractivity contribution in [2.24, 2.45) is 33.7 Å². The van der Waals surface area contributed by atoms with Crippen LogP contribution in [0.25, 0.3) is 0 Å². The number of hydrogen-bond acceptors (Lipinski definition) is 8. The van der Waals surface area contributed by atoms with Gasteiger partial charge in [-0.15, -0.1) is 0 Å². The highest BCUT2D eigenvalue weighted by atomic mass is 16.4. The molecule has 4 rings (SSSR count). The van der Waals surface area contributed by atoms with Crippen molar-refractivity contribution in [1.82, 2.24) is 0 Å². The van der Waals surface area contributed by atoms with Crippen LogP contribution in [0, 0.1) is 28.6 Å². The molecule has 8 nitrogen and oxygen atoms in total. The Kier molecular flexibility index (Phi) is 6.56. The Morgan fingerprint density at radius 3 is 2.31 bits per heavy atom. The first-order chi connectivity index (χ1) is 16.0. The van der Waals surface area contributed by atoms with Gasteiger partial charge in [0.05, 0.1) is 40.8 Å². The number of rotatable bonds is 5. The zero-order valence-corrected chi connectivity index (χ0v) is 21.8. The van der Waals surface area contributed by atoms with E-state index >= 15 is 0 Å². The maximum atomic E-state index is 12.3. The van der Waals surface area contributed by atoms with E-state index in [9.17, 15) is 35.8 Å². The van der Waals surface area contributed by atoms with Gasteiger partial charge in [0.15, 0.2) is 0 Å². The van der Waals surface area contributed by atoms with Crippen LogP contribution in [0.1, 0.15) is 86.0 Å². The zero-order valence-electron chi connectivity index (χ0n) is 21.8. The van der Waals surface area contributed by atoms with Gasteiger partial charge in [0.25, 0.3) is 0 Å². The van der Waals surface area contributed by atoms with Gasteiger partial charge in [-0.3, -0.25) is 0 Å². The molecular weight excluding hydrogens is 450 g/mol. The smallest absolute Gasteiger partial charge is 0.0920 e. The minimum absolute atomic E-state index is 0.0537. The van der Waals surface area contributed by atoms with Crippen LogP contribution < -0.4 is 0 Å². The molecule has 35 heavy (non-hydrogen) atoms. The third-order valence-electron chi connectivity index (χ3n) is 10.7. The quantitative estimate of drug-likeness (QED) is 0.228. The molecule has 10 atom stereocenters. The second-order valence-electron chi connectivity index (χ2n) is 13.3. The molecule has 4 aliphatic carbocycles. The molecular formula is C27H45NO7. The Balaban J connectivity index is 1.70. The summed E-state index contributed by atoms with van der Waals surface area (Å²) in [6.07, 6.45) is 2.53. The normalized spacial score (nSPS) is 47.3. The lowest BCUT2D eigenvalue weighted by atomic mass is 9.45. The average molecular weight is 496 g/mol. The molecule has 4 aliphatic rings. The van der Waals surface area contributed by atoms with Gasteiger partial charge in [0.2, 0.25) is 0 Å². The fourth-order valence-electron chi connectivity index (χ4n) is 8.44. The standard InChI is InChI=1S/C27H45NO7/c1-23(2,32)9-8-22(31)26(5,33)21-7-11-27(34)16-12-18(28-35)17-13-19(29)20(30)14-24(17,3)15(16)6-10-25(21,27)4/h12,15,17,19-22,29-35H,6-11,13-14H2,1-5H3/b28-18+/t15-,17+,19-,20+,21-,22-,24-,25-,26-,27-/m1/s1. The highest BCUT2D eigenvalue weighted by molar-refractivity contribution is 5.99. The van der Waals surface area contributed by atoms with Gasteiger partial charge in [0.1, 0.15) is 0 Å². The molecule has 0 aromatic rings. The van der Waals surface area contributed by atoms with Gasteiger partial charge in [-0.1, -0.05) is 19.0 Å². The molecule has 200 valence electrons. The fourth-order valence-corrected chi connectivity index (χ4v) is 8.44. The van der Waals surface area contributed by atoms with Crippen LogP contribution >= 0.6 is 0 Å². The Hall–Kier alpha value is -1.03. The second-order valence-corrected chi connectivity index (χ2v) is 13.3. The molecule has 7 N–H and O–H groups in total. The second kappa shape index (κ2) is 8.50. The van der Waals surface area contributed by atoms with E-state index in [1.165, 1.54) is 0 Å². The van der Waals surface area contributed by atoms with Crippen molar-refractivity contribution in [3.8, 4) is 0 Å². The van der Waals surface area contributed by atoms with E-state index in [1.54, 1.807) is 26.8 Å². The number of nitrogens with zero attached hydrogens (tertiary/aromatic N) is 1. The van der Waals surface area contributed by atoms with Crippen LogP contribution in [0.3, 0.4) is 0 Å². The van der Waals surface area contributed by atoms with E-state index in [-0.39, 0.29) is 24.2 Å². The van der Waals surface area contributed by atoms with E-state index < -0.39 is 45.9 Å². The molecule has 3 fully saturated rings. The average Bonchev–Trinajstić information content (AvgIpc) is 3.04. The molecule has 0 unspecified atom stereocenters. The molecule has 3 saturated carbocycles. The first-order valence-corrected chi connectivity index (χ1v) is 13.2. The third kappa shape index (κ3) is 3.99. The van der Waals surface area contributed by atoms with Crippen LogP contribution in [-0.4, -0.2) is 76.7 Å². The lowest BCUT2D eigenvalue weighted by Crippen LogP contribution is -2.62. The van der Waals surface area contributed by atoms with Gasteiger partial charge in [-0.05, 0) is 101 Å². The summed E-state index contributed by atoms with van der Waals surface area (Å²) in [6, 6.07) is 0. The fraction of sp³-hybridized carbons (Fsp3) is 0.889. The van der Waals surface area contributed by atoms with Crippen LogP contribution in [-0.2, 0) is 0 Å². The number of hydrogen-bond donors (Lipinski definition) is 7. The number of aliphatic hydroxyl groups excluding tert-OH is 3. The molecule has 0 amide bonds. The number of oxime groups is 1. The topological polar surface area (TPSA) is 154 Å². The Morgan fingerprint density at radius 1 is 1.06 bits per heavy atom. The molecule has 0 aromatic heterocycles. The van der Waals surface area contributed by atoms with E-state index in [1.807, 2.05) is 6.92 Å². The molecule has 0 bridgehead atoms. The number of allylic oxidation sites excluding steroid dienone is 1. The van der Waals surface area contributed by atoms with Crippen LogP contribution in [0.2, 0.25) is 0 Å². The zero-order chi connectivity index (χ0) is 26.2. The van der Waals surface area contributed by atoms with Crippen LogP contribution in [0.15, 0.2) is 16.8 Å². The maximum absolute atomic E-state index is 12.3. The summed E-state index contributed by atoms with van der Waals surface area (Å²) >= 11 is 0. The van der Waals surface area contributed by atoms with E-state index in [0.717, 1.165) is 12.0 Å². The van der Waals surface area contributed by atoms with Crippen LogP contribution in [0.4, 0.5) is 0 Å². The lowest BCUT2D eigenvalue weighted by molar-refractivity contribution is -0.172. The Bertz CT molecular complexity index is 894. The van der Waals surface area contributed by atoms with E-state index in [2.05, 4.69) is 12.1 Å². The Labute approximate surface area is 208 Å². The minimum atomic E-state index is -1.46. The van der Waals surface area contributed by atoms with Gasteiger partial charge in [-0.25, -0.2) is 0 Å². The predicted molar refractivity (Wildman–Crippen MR) is 131 cm³/mol. The van der Waals surface area contributed by atoms with Crippen molar-refractivity contribution < 1.29 is 35.8 Å². The van der Waals surface area contributed by atoms with Gasteiger partial charge >= 0.3 is 0 Å². The summed E-state index contributed by atoms with van der Waals surface area (Å²) in [6.45, 7) is 9.04. The number of fused-ring (bicyclic) bond motifs is 5. The Morgan fingerprint density at radius 2 is 1.71 bits per heavy atom. The highest BCUT2D eigenvalue weighted by Crippen LogP contribution is 2.68. The molecule has 0 saturated heterocycles. The van der Waals surface area contributed by atoms with Crippen molar-refractivity contribution in [3.05, 3.63) is 11.6 Å². The summed E-state index contributed by atoms with van der Waals surface area (Å²) in [5, 5.41) is 79.3. The van der Waals surface area contributed by atoms with Crippen LogP contribution in [0.5, 0.6) is 0 Å². The third-order valence-corrected chi connectivity index (χ3v) is 10.7. The van der Waals surface area contributed by atoms with Crippen molar-refractivity contribution in [3.63, 3.8) is 0 Å². The molecule has 0 radical (unpaired) electrons. The van der Waals surface area contributed by atoms with Crippen molar-refractivity contribution >= 4 is 5.71 Å². The molecule has 0 spiro atoms. The summed E-state index contributed by atoms with van der Waals surface area (Å²) in [5.41, 5.74) is -3.66. The largest absolute Gasteiger partial charge is 0.411 e. The van der Waals surface area contributed by atoms with Crippen molar-refractivity contribution in [2.45, 2.75) is 121 Å². The maximum Gasteiger partial charge on any atom is 0.0920 e. The molecule has 0 aliphatic heterocycles. The first-order valence-electron chi connectivity index (χ1n) is 13.2. The van der Waals surface area contributed by atoms with Gasteiger partial charge in [-0.2, -0.15) is 0 Å². The summed E-state index contributed by atoms with van der Waals surface area (Å²) in [4.78, 5) is 0. The first kappa shape index (κ1) is 27.0. The monoisotopic (exact) mass is 495 g/mol. The summed E-state index contributed by atoms with van der Waals surface area (Å²) < 4.78 is 0. The summed E-state index contributed by atoms with van der Waals surface area (Å²) in [5.74, 6) is -0.656. The van der Waals surface area contributed by atoms with Gasteiger partial charge in [0, 0.05) is 11.3 Å². The van der Waals surface area contributed by atoms with Crippen molar-refractivity contribution in [1.29, 1.82) is 0 Å². The lowest BCUT2D eigenvalue weighted by Gasteiger charge is -2.61. The van der Waals surface area contributed by atoms with E-state index in [4.69, 9.17) is 0 Å². The minimum Gasteiger partial charge on any atom is -0.411 e. The van der Waals surface area contributed by atoms with Gasteiger partial charge < -0.3 is 35.8 Å². The summed E-state index contributed by atoms with van der Waals surface area (Å²) in [7, 11) is 0. The van der Waals surface area contributed by atoms with E-state index in [0.29, 0.717) is 44.2 Å². The SMILES string of the molecule is CC(C)(O)CC[C@@H](O)[C@](C)(O)[C@@H]1CC[C@@]2(O)C3=C/C(=N\O)[C@@H]4C[C@@H](O)[C@@H](O)C[C@]4(C)[C@@H]3CC[C@]12C.